The zero-order chi connectivity index (χ0) is 19.6. The number of carbonyl (C=O) groups is 1. The summed E-state index contributed by atoms with van der Waals surface area (Å²) in [7, 11) is 0. The summed E-state index contributed by atoms with van der Waals surface area (Å²) < 4.78 is 11.7. The lowest BCUT2D eigenvalue weighted by Crippen LogP contribution is -2.25. The zero-order valence-corrected chi connectivity index (χ0v) is 15.7. The Morgan fingerprint density at radius 3 is 2.82 bits per heavy atom. The molecule has 0 radical (unpaired) electrons. The first-order chi connectivity index (χ1) is 13.5. The third-order valence-corrected chi connectivity index (χ3v) is 4.40. The summed E-state index contributed by atoms with van der Waals surface area (Å²) in [5.41, 5.74) is 2.56. The molecule has 2 heterocycles. The maximum Gasteiger partial charge on any atom is 0.262 e. The SMILES string of the molecule is CC1(C)Cc2cccc(OCC(=O)Nc3ccc(Cc4nn[nH]n4)cc3)c2O1. The molecule has 1 aliphatic heterocycles. The summed E-state index contributed by atoms with van der Waals surface area (Å²) in [6, 6.07) is 13.2. The van der Waals surface area contributed by atoms with Crippen molar-refractivity contribution in [3.8, 4) is 11.5 Å². The summed E-state index contributed by atoms with van der Waals surface area (Å²) in [5, 5.41) is 16.6. The number of aromatic nitrogens is 4. The first-order valence-corrected chi connectivity index (χ1v) is 9.03. The minimum atomic E-state index is -0.257. The summed E-state index contributed by atoms with van der Waals surface area (Å²) >= 11 is 0. The maximum atomic E-state index is 12.2. The van der Waals surface area contributed by atoms with Gasteiger partial charge in [-0.2, -0.15) is 5.21 Å². The van der Waals surface area contributed by atoms with Gasteiger partial charge >= 0.3 is 0 Å². The molecule has 1 aliphatic rings. The van der Waals surface area contributed by atoms with Crippen LogP contribution in [-0.2, 0) is 17.6 Å². The minimum Gasteiger partial charge on any atom is -0.483 e. The summed E-state index contributed by atoms with van der Waals surface area (Å²) in [6.45, 7) is 3.97. The summed E-state index contributed by atoms with van der Waals surface area (Å²) in [6.07, 6.45) is 1.39. The van der Waals surface area contributed by atoms with E-state index in [1.807, 2.05) is 56.3 Å². The molecule has 8 nitrogen and oxygen atoms in total. The Morgan fingerprint density at radius 2 is 2.07 bits per heavy atom. The van der Waals surface area contributed by atoms with Crippen LogP contribution in [0, 0.1) is 0 Å². The van der Waals surface area contributed by atoms with Crippen LogP contribution in [-0.4, -0.2) is 38.7 Å². The molecule has 28 heavy (non-hydrogen) atoms. The van der Waals surface area contributed by atoms with Gasteiger partial charge in [0.2, 0.25) is 0 Å². The van der Waals surface area contributed by atoms with E-state index in [1.54, 1.807) is 0 Å². The molecular weight excluding hydrogens is 358 g/mol. The fraction of sp³-hybridized carbons (Fsp3) is 0.300. The molecule has 8 heteroatoms. The van der Waals surface area contributed by atoms with Gasteiger partial charge < -0.3 is 14.8 Å². The number of para-hydroxylation sites is 1. The van der Waals surface area contributed by atoms with Gasteiger partial charge in [-0.15, -0.1) is 10.2 Å². The molecule has 144 valence electrons. The van der Waals surface area contributed by atoms with Crippen LogP contribution in [0.3, 0.4) is 0 Å². The van der Waals surface area contributed by atoms with Crippen LogP contribution in [0.2, 0.25) is 0 Å². The van der Waals surface area contributed by atoms with Crippen LogP contribution in [0.5, 0.6) is 11.5 Å². The van der Waals surface area contributed by atoms with E-state index in [9.17, 15) is 4.79 Å². The molecule has 2 aromatic carbocycles. The molecule has 1 aromatic heterocycles. The van der Waals surface area contributed by atoms with E-state index in [2.05, 4.69) is 25.9 Å². The number of nitrogens with one attached hydrogen (secondary N) is 2. The summed E-state index contributed by atoms with van der Waals surface area (Å²) in [5.74, 6) is 1.70. The Hall–Kier alpha value is -3.42. The number of amides is 1. The number of rotatable bonds is 6. The molecule has 0 atom stereocenters. The number of carbonyl (C=O) groups excluding carboxylic acids is 1. The molecule has 0 spiro atoms. The second-order valence-corrected chi connectivity index (χ2v) is 7.32. The normalized spacial score (nSPS) is 14.2. The summed E-state index contributed by atoms with van der Waals surface area (Å²) in [4.78, 5) is 12.2. The van der Waals surface area contributed by atoms with E-state index in [0.717, 1.165) is 23.3 Å². The predicted molar refractivity (Wildman–Crippen MR) is 102 cm³/mol. The highest BCUT2D eigenvalue weighted by Gasteiger charge is 2.32. The monoisotopic (exact) mass is 379 g/mol. The van der Waals surface area contributed by atoms with Crippen LogP contribution < -0.4 is 14.8 Å². The van der Waals surface area contributed by atoms with E-state index in [4.69, 9.17) is 9.47 Å². The van der Waals surface area contributed by atoms with E-state index in [1.165, 1.54) is 0 Å². The zero-order valence-electron chi connectivity index (χ0n) is 15.7. The smallest absolute Gasteiger partial charge is 0.262 e. The number of hydrogen-bond donors (Lipinski definition) is 2. The molecule has 2 N–H and O–H groups in total. The number of anilines is 1. The van der Waals surface area contributed by atoms with Crippen LogP contribution >= 0.6 is 0 Å². The molecule has 0 aliphatic carbocycles. The van der Waals surface area contributed by atoms with Crippen LogP contribution in [0.25, 0.3) is 0 Å². The molecule has 4 rings (SSSR count). The molecular formula is C20H21N5O3. The van der Waals surface area contributed by atoms with Crippen molar-refractivity contribution in [1.29, 1.82) is 0 Å². The average molecular weight is 379 g/mol. The largest absolute Gasteiger partial charge is 0.483 e. The van der Waals surface area contributed by atoms with Gasteiger partial charge in [0, 0.05) is 24.1 Å². The van der Waals surface area contributed by atoms with Crippen molar-refractivity contribution < 1.29 is 14.3 Å². The molecule has 0 saturated heterocycles. The molecule has 0 bridgehead atoms. The fourth-order valence-electron chi connectivity index (χ4n) is 3.19. The van der Waals surface area contributed by atoms with Crippen LogP contribution in [0.1, 0.15) is 30.8 Å². The fourth-order valence-corrected chi connectivity index (χ4v) is 3.19. The van der Waals surface area contributed by atoms with Crippen molar-refractivity contribution in [2.75, 3.05) is 11.9 Å². The molecule has 3 aromatic rings. The average Bonchev–Trinajstić information content (AvgIpc) is 3.27. The van der Waals surface area contributed by atoms with Crippen molar-refractivity contribution in [3.63, 3.8) is 0 Å². The lowest BCUT2D eigenvalue weighted by atomic mass is 10.0. The Bertz CT molecular complexity index is 968. The van der Waals surface area contributed by atoms with E-state index in [-0.39, 0.29) is 18.1 Å². The van der Waals surface area contributed by atoms with Gasteiger partial charge in [0.05, 0.1) is 0 Å². The topological polar surface area (TPSA) is 102 Å². The van der Waals surface area contributed by atoms with Crippen molar-refractivity contribution in [2.24, 2.45) is 0 Å². The molecule has 0 unspecified atom stereocenters. The Kier molecular flexibility index (Phi) is 4.68. The lowest BCUT2D eigenvalue weighted by molar-refractivity contribution is -0.118. The van der Waals surface area contributed by atoms with Gasteiger partial charge in [0.1, 0.15) is 5.60 Å². The Morgan fingerprint density at radius 1 is 1.25 bits per heavy atom. The minimum absolute atomic E-state index is 0.0924. The van der Waals surface area contributed by atoms with Gasteiger partial charge in [-0.1, -0.05) is 29.5 Å². The van der Waals surface area contributed by atoms with E-state index < -0.39 is 0 Å². The number of H-pyrrole nitrogens is 1. The van der Waals surface area contributed by atoms with Crippen molar-refractivity contribution >= 4 is 11.6 Å². The highest BCUT2D eigenvalue weighted by atomic mass is 16.5. The van der Waals surface area contributed by atoms with Crippen molar-refractivity contribution in [2.45, 2.75) is 32.3 Å². The molecule has 0 fully saturated rings. The second kappa shape index (κ2) is 7.30. The highest BCUT2D eigenvalue weighted by molar-refractivity contribution is 5.91. The Labute approximate surface area is 162 Å². The number of benzene rings is 2. The van der Waals surface area contributed by atoms with Gasteiger partial charge in [-0.25, -0.2) is 0 Å². The maximum absolute atomic E-state index is 12.2. The second-order valence-electron chi connectivity index (χ2n) is 7.32. The lowest BCUT2D eigenvalue weighted by Gasteiger charge is -2.18. The van der Waals surface area contributed by atoms with Crippen LogP contribution in [0.15, 0.2) is 42.5 Å². The Balaban J connectivity index is 1.33. The van der Waals surface area contributed by atoms with Gasteiger partial charge in [0.25, 0.3) is 5.91 Å². The number of nitrogens with zero attached hydrogens (tertiary/aromatic N) is 3. The van der Waals surface area contributed by atoms with Crippen molar-refractivity contribution in [3.05, 3.63) is 59.4 Å². The van der Waals surface area contributed by atoms with E-state index in [0.29, 0.717) is 23.7 Å². The van der Waals surface area contributed by atoms with E-state index >= 15 is 0 Å². The number of aromatic amines is 1. The van der Waals surface area contributed by atoms with Crippen LogP contribution in [0.4, 0.5) is 5.69 Å². The number of fused-ring (bicyclic) bond motifs is 1. The molecule has 1 amide bonds. The van der Waals surface area contributed by atoms with Gasteiger partial charge in [-0.05, 0) is 37.6 Å². The van der Waals surface area contributed by atoms with Gasteiger partial charge in [-0.3, -0.25) is 4.79 Å². The third kappa shape index (κ3) is 4.11. The number of hydrogen-bond acceptors (Lipinski definition) is 6. The first kappa shape index (κ1) is 18.0. The number of ether oxygens (including phenoxy) is 2. The standard InChI is InChI=1S/C20H21N5O3/c1-20(2)11-14-4-3-5-16(19(14)28-20)27-12-18(26)21-15-8-6-13(7-9-15)10-17-22-24-25-23-17/h3-9H,10-12H2,1-2H3,(H,21,26)(H,22,23,24,25). The highest BCUT2D eigenvalue weighted by Crippen LogP contribution is 2.41. The third-order valence-electron chi connectivity index (χ3n) is 4.40. The van der Waals surface area contributed by atoms with Gasteiger partial charge in [0.15, 0.2) is 23.9 Å². The molecule has 0 saturated carbocycles. The van der Waals surface area contributed by atoms with Crippen molar-refractivity contribution in [1.82, 2.24) is 20.6 Å². The number of tetrazole rings is 1. The first-order valence-electron chi connectivity index (χ1n) is 9.03. The quantitative estimate of drug-likeness (QED) is 0.682. The predicted octanol–water partition coefficient (Wildman–Crippen LogP) is 2.52.